The van der Waals surface area contributed by atoms with Gasteiger partial charge in [0, 0.05) is 5.39 Å². The molecule has 3 aromatic rings. The Kier molecular flexibility index (Phi) is 4.41. The Hall–Kier alpha value is -3.43. The maximum absolute atomic E-state index is 13.2. The van der Waals surface area contributed by atoms with Crippen LogP contribution in [0.5, 0.6) is 11.5 Å². The van der Waals surface area contributed by atoms with Crippen molar-refractivity contribution in [2.24, 2.45) is 0 Å². The second kappa shape index (κ2) is 7.12. The summed E-state index contributed by atoms with van der Waals surface area (Å²) >= 11 is 6.58. The molecule has 1 fully saturated rings. The molecule has 2 heterocycles. The lowest BCUT2D eigenvalue weighted by Gasteiger charge is -2.17. The molecule has 2 aliphatic rings. The van der Waals surface area contributed by atoms with Crippen LogP contribution in [0.3, 0.4) is 0 Å². The third kappa shape index (κ3) is 2.99. The van der Waals surface area contributed by atoms with E-state index in [9.17, 15) is 14.9 Å². The number of thioether (sulfide) groups is 1. The van der Waals surface area contributed by atoms with Crippen molar-refractivity contribution in [3.63, 3.8) is 0 Å². The van der Waals surface area contributed by atoms with Crippen molar-refractivity contribution < 1.29 is 19.2 Å². The van der Waals surface area contributed by atoms with Crippen molar-refractivity contribution in [1.82, 2.24) is 0 Å². The highest BCUT2D eigenvalue weighted by Crippen LogP contribution is 2.42. The first kappa shape index (κ1) is 18.6. The number of carbonyl (C=O) groups is 1. The molecule has 0 bridgehead atoms. The maximum Gasteiger partial charge on any atom is 0.280 e. The molecule has 0 aliphatic carbocycles. The molecule has 2 aliphatic heterocycles. The quantitative estimate of drug-likeness (QED) is 0.250. The third-order valence-electron chi connectivity index (χ3n) is 4.81. The van der Waals surface area contributed by atoms with Crippen molar-refractivity contribution in [1.29, 1.82) is 0 Å². The number of nitrogens with zero attached hydrogens (tertiary/aromatic N) is 2. The normalized spacial score (nSPS) is 16.7. The smallest absolute Gasteiger partial charge is 0.280 e. The second-order valence-electron chi connectivity index (χ2n) is 6.54. The molecule has 0 atom stereocenters. The fourth-order valence-corrected chi connectivity index (χ4v) is 4.72. The molecular weight excluding hydrogens is 424 g/mol. The Balaban J connectivity index is 1.58. The highest BCUT2D eigenvalue weighted by molar-refractivity contribution is 8.27. The maximum atomic E-state index is 13.2. The van der Waals surface area contributed by atoms with Gasteiger partial charge >= 0.3 is 0 Å². The monoisotopic (exact) mass is 436 g/mol. The van der Waals surface area contributed by atoms with Crippen LogP contribution in [-0.2, 0) is 4.79 Å². The van der Waals surface area contributed by atoms with E-state index in [1.165, 1.54) is 23.1 Å². The molecule has 0 spiro atoms. The van der Waals surface area contributed by atoms with Crippen LogP contribution >= 0.6 is 24.0 Å². The van der Waals surface area contributed by atoms with Gasteiger partial charge in [0.25, 0.3) is 11.6 Å². The lowest BCUT2D eigenvalue weighted by molar-refractivity contribution is -0.385. The molecule has 1 amide bonds. The molecule has 5 rings (SSSR count). The van der Waals surface area contributed by atoms with Crippen LogP contribution in [0, 0.1) is 10.1 Å². The number of rotatable bonds is 3. The van der Waals surface area contributed by atoms with Gasteiger partial charge in [0.15, 0.2) is 15.8 Å². The molecule has 3 aromatic carbocycles. The Morgan fingerprint density at radius 1 is 1.10 bits per heavy atom. The minimum absolute atomic E-state index is 0.000855. The van der Waals surface area contributed by atoms with Gasteiger partial charge in [-0.3, -0.25) is 19.8 Å². The van der Waals surface area contributed by atoms with E-state index in [-0.39, 0.29) is 24.0 Å². The SMILES string of the molecule is O=C1/C(=C/c2cc3c(cc2[N+](=O)[O-])OCO3)SC(=S)N1c1cccc2ccccc12. The number of anilines is 1. The van der Waals surface area contributed by atoms with E-state index in [4.69, 9.17) is 21.7 Å². The summed E-state index contributed by atoms with van der Waals surface area (Å²) in [5.41, 5.74) is 0.761. The Labute approximate surface area is 180 Å². The highest BCUT2D eigenvalue weighted by atomic mass is 32.2. The van der Waals surface area contributed by atoms with Gasteiger partial charge in [-0.2, -0.15) is 0 Å². The number of thiocarbonyl (C=S) groups is 1. The Bertz CT molecular complexity index is 1280. The van der Waals surface area contributed by atoms with Gasteiger partial charge in [-0.25, -0.2) is 0 Å². The average molecular weight is 436 g/mol. The number of fused-ring (bicyclic) bond motifs is 2. The molecule has 1 saturated heterocycles. The fourth-order valence-electron chi connectivity index (χ4n) is 3.44. The van der Waals surface area contributed by atoms with Crippen molar-refractivity contribution in [3.8, 4) is 11.5 Å². The van der Waals surface area contributed by atoms with E-state index >= 15 is 0 Å². The van der Waals surface area contributed by atoms with E-state index in [2.05, 4.69) is 0 Å². The molecule has 0 N–H and O–H groups in total. The van der Waals surface area contributed by atoms with E-state index in [0.717, 1.165) is 22.5 Å². The summed E-state index contributed by atoms with van der Waals surface area (Å²) in [6.45, 7) is -0.000855. The van der Waals surface area contributed by atoms with E-state index in [1.54, 1.807) is 0 Å². The largest absolute Gasteiger partial charge is 0.454 e. The summed E-state index contributed by atoms with van der Waals surface area (Å²) in [6.07, 6.45) is 1.48. The summed E-state index contributed by atoms with van der Waals surface area (Å²) in [5.74, 6) is 0.381. The molecular formula is C21H12N2O5S2. The van der Waals surface area contributed by atoms with Crippen molar-refractivity contribution in [2.75, 3.05) is 11.7 Å². The van der Waals surface area contributed by atoms with Crippen LogP contribution in [0.4, 0.5) is 11.4 Å². The third-order valence-corrected chi connectivity index (χ3v) is 6.11. The Morgan fingerprint density at radius 2 is 1.83 bits per heavy atom. The minimum atomic E-state index is -0.515. The van der Waals surface area contributed by atoms with Crippen molar-refractivity contribution in [3.05, 3.63) is 75.2 Å². The van der Waals surface area contributed by atoms with Gasteiger partial charge in [0.05, 0.1) is 27.1 Å². The van der Waals surface area contributed by atoms with Gasteiger partial charge in [0.2, 0.25) is 6.79 Å². The first-order valence-corrected chi connectivity index (χ1v) is 10.1. The molecule has 0 radical (unpaired) electrons. The van der Waals surface area contributed by atoms with Crippen LogP contribution in [0.1, 0.15) is 5.56 Å². The van der Waals surface area contributed by atoms with Gasteiger partial charge < -0.3 is 9.47 Å². The predicted octanol–water partition coefficient (Wildman–Crippen LogP) is 4.88. The number of hydrogen-bond donors (Lipinski definition) is 0. The van der Waals surface area contributed by atoms with Crippen LogP contribution in [0.25, 0.3) is 16.8 Å². The number of ether oxygens (including phenoxy) is 2. The fraction of sp³-hybridized carbons (Fsp3) is 0.0476. The Morgan fingerprint density at radius 3 is 2.63 bits per heavy atom. The zero-order valence-corrected chi connectivity index (χ0v) is 16.9. The summed E-state index contributed by atoms with van der Waals surface area (Å²) in [4.78, 5) is 26.0. The average Bonchev–Trinajstić information content (AvgIpc) is 3.30. The van der Waals surface area contributed by atoms with Crippen LogP contribution in [-0.4, -0.2) is 21.9 Å². The molecule has 9 heteroatoms. The predicted molar refractivity (Wildman–Crippen MR) is 119 cm³/mol. The first-order chi connectivity index (χ1) is 14.5. The summed E-state index contributed by atoms with van der Waals surface area (Å²) in [6, 6.07) is 16.2. The van der Waals surface area contributed by atoms with Crippen LogP contribution < -0.4 is 14.4 Å². The van der Waals surface area contributed by atoms with E-state index < -0.39 is 4.92 Å². The summed E-state index contributed by atoms with van der Waals surface area (Å²) in [7, 11) is 0. The number of amides is 1. The lowest BCUT2D eigenvalue weighted by Crippen LogP contribution is -2.27. The van der Waals surface area contributed by atoms with E-state index in [1.807, 2.05) is 42.5 Å². The molecule has 0 unspecified atom stereocenters. The highest BCUT2D eigenvalue weighted by Gasteiger charge is 2.35. The minimum Gasteiger partial charge on any atom is -0.454 e. The lowest BCUT2D eigenvalue weighted by atomic mass is 10.1. The van der Waals surface area contributed by atoms with Gasteiger partial charge in [0.1, 0.15) is 0 Å². The molecule has 0 aromatic heterocycles. The number of benzene rings is 3. The van der Waals surface area contributed by atoms with Gasteiger partial charge in [-0.05, 0) is 23.6 Å². The number of nitro benzene ring substituents is 1. The topological polar surface area (TPSA) is 81.9 Å². The van der Waals surface area contributed by atoms with Crippen LogP contribution in [0.15, 0.2) is 59.5 Å². The zero-order valence-electron chi connectivity index (χ0n) is 15.2. The van der Waals surface area contributed by atoms with Crippen molar-refractivity contribution in [2.45, 2.75) is 0 Å². The molecule has 7 nitrogen and oxygen atoms in total. The summed E-state index contributed by atoms with van der Waals surface area (Å²) < 4.78 is 10.9. The standard InChI is InChI=1S/C21H12N2O5S2/c24-20-19(9-13-8-17-18(28-11-27-17)10-16(13)23(25)26)30-21(29)22(20)15-7-3-5-12-4-1-2-6-14(12)15/h1-10H,11H2/b19-9-. The summed E-state index contributed by atoms with van der Waals surface area (Å²) in [5, 5.41) is 13.4. The van der Waals surface area contributed by atoms with Gasteiger partial charge in [-0.15, -0.1) is 0 Å². The van der Waals surface area contributed by atoms with Crippen LogP contribution in [0.2, 0.25) is 0 Å². The van der Waals surface area contributed by atoms with E-state index in [0.29, 0.717) is 26.4 Å². The first-order valence-electron chi connectivity index (χ1n) is 8.87. The number of carbonyl (C=O) groups excluding carboxylic acids is 1. The van der Waals surface area contributed by atoms with Gasteiger partial charge in [-0.1, -0.05) is 60.4 Å². The molecule has 30 heavy (non-hydrogen) atoms. The second-order valence-corrected chi connectivity index (χ2v) is 8.21. The van der Waals surface area contributed by atoms with Crippen molar-refractivity contribution >= 4 is 62.4 Å². The molecule has 0 saturated carbocycles. The number of hydrogen-bond acceptors (Lipinski definition) is 7. The number of nitro groups is 1. The molecule has 148 valence electrons. The zero-order chi connectivity index (χ0) is 20.8.